The smallest absolute Gasteiger partial charge is 0.228 e. The maximum absolute atomic E-state index is 12.7. The van der Waals surface area contributed by atoms with Crippen molar-refractivity contribution in [2.24, 2.45) is 11.8 Å². The van der Waals surface area contributed by atoms with Crippen molar-refractivity contribution >= 4 is 11.7 Å². The van der Waals surface area contributed by atoms with Crippen LogP contribution >= 0.6 is 0 Å². The first kappa shape index (κ1) is 19.4. The summed E-state index contributed by atoms with van der Waals surface area (Å²) in [5, 5.41) is 2.95. The van der Waals surface area contributed by atoms with Gasteiger partial charge in [-0.15, -0.1) is 0 Å². The lowest BCUT2D eigenvalue weighted by molar-refractivity contribution is -0.121. The van der Waals surface area contributed by atoms with Gasteiger partial charge in [-0.3, -0.25) is 4.79 Å². The van der Waals surface area contributed by atoms with E-state index in [4.69, 9.17) is 4.74 Å². The average Bonchev–Trinajstić information content (AvgIpc) is 2.69. The first-order valence-corrected chi connectivity index (χ1v) is 9.97. The zero-order chi connectivity index (χ0) is 19.4. The molecule has 0 fully saturated rings. The van der Waals surface area contributed by atoms with E-state index >= 15 is 0 Å². The minimum Gasteiger partial charge on any atom is -0.493 e. The van der Waals surface area contributed by atoms with Crippen LogP contribution in [0.4, 0.5) is 5.82 Å². The van der Waals surface area contributed by atoms with Gasteiger partial charge in [-0.05, 0) is 85.9 Å². The zero-order valence-corrected chi connectivity index (χ0v) is 16.8. The van der Waals surface area contributed by atoms with Gasteiger partial charge in [0.15, 0.2) is 0 Å². The molecule has 1 aliphatic rings. The highest BCUT2D eigenvalue weighted by Gasteiger charge is 2.30. The Morgan fingerprint density at radius 1 is 1.33 bits per heavy atom. The van der Waals surface area contributed by atoms with Crippen LogP contribution in [0.2, 0.25) is 0 Å². The predicted octanol–water partition coefficient (Wildman–Crippen LogP) is 4.87. The van der Waals surface area contributed by atoms with Gasteiger partial charge in [-0.25, -0.2) is 4.98 Å². The first-order chi connectivity index (χ1) is 13.0. The van der Waals surface area contributed by atoms with Crippen LogP contribution in [0, 0.1) is 25.7 Å². The summed E-state index contributed by atoms with van der Waals surface area (Å²) in [7, 11) is 0. The van der Waals surface area contributed by atoms with E-state index in [1.807, 2.05) is 25.1 Å². The van der Waals surface area contributed by atoms with Crippen LogP contribution in [0.1, 0.15) is 48.9 Å². The number of aromatic nitrogens is 1. The van der Waals surface area contributed by atoms with Crippen LogP contribution in [-0.2, 0) is 17.6 Å². The lowest BCUT2D eigenvalue weighted by atomic mass is 9.74. The second-order valence-electron chi connectivity index (χ2n) is 7.62. The summed E-state index contributed by atoms with van der Waals surface area (Å²) in [4.78, 5) is 16.9. The highest BCUT2D eigenvalue weighted by molar-refractivity contribution is 5.91. The standard InChI is InChI=1S/C23H30N2O2/c1-5-12-27-21-13-15(2)19-10-9-18(14-20(19)17(21)4)16(3)23(26)25-22-8-6-7-11-24-22/h6-8,11,13,16,18H,5,9-10,12,14H2,1-4H3,(H,24,25,26). The van der Waals surface area contributed by atoms with Gasteiger partial charge >= 0.3 is 0 Å². The molecule has 144 valence electrons. The highest BCUT2D eigenvalue weighted by atomic mass is 16.5. The number of anilines is 1. The summed E-state index contributed by atoms with van der Waals surface area (Å²) in [6.45, 7) is 9.23. The Bertz CT molecular complexity index is 802. The number of nitrogens with one attached hydrogen (secondary N) is 1. The SMILES string of the molecule is CCCOc1cc(C)c2c(c1C)CC(C(C)C(=O)Nc1ccccn1)CC2. The molecule has 1 aromatic carbocycles. The molecule has 0 spiro atoms. The fraction of sp³-hybridized carbons (Fsp3) is 0.478. The molecular weight excluding hydrogens is 336 g/mol. The number of nitrogens with zero attached hydrogens (tertiary/aromatic N) is 1. The number of hydrogen-bond donors (Lipinski definition) is 1. The Morgan fingerprint density at radius 2 is 2.15 bits per heavy atom. The van der Waals surface area contributed by atoms with Gasteiger partial charge in [0.1, 0.15) is 11.6 Å². The number of amides is 1. The van der Waals surface area contributed by atoms with Crippen LogP contribution in [-0.4, -0.2) is 17.5 Å². The van der Waals surface area contributed by atoms with Gasteiger partial charge in [-0.1, -0.05) is 19.9 Å². The number of hydrogen-bond acceptors (Lipinski definition) is 3. The van der Waals surface area contributed by atoms with Crippen molar-refractivity contribution in [2.75, 3.05) is 11.9 Å². The van der Waals surface area contributed by atoms with E-state index in [2.05, 4.69) is 37.1 Å². The molecule has 0 aliphatic heterocycles. The number of carbonyl (C=O) groups is 1. The van der Waals surface area contributed by atoms with Crippen LogP contribution < -0.4 is 10.1 Å². The number of carbonyl (C=O) groups excluding carboxylic acids is 1. The molecule has 0 saturated heterocycles. The summed E-state index contributed by atoms with van der Waals surface area (Å²) in [5.41, 5.74) is 5.39. The molecule has 0 radical (unpaired) electrons. The van der Waals surface area contributed by atoms with Crippen LogP contribution in [0.5, 0.6) is 5.75 Å². The molecule has 0 bridgehead atoms. The fourth-order valence-corrected chi connectivity index (χ4v) is 4.00. The molecular formula is C23H30N2O2. The third kappa shape index (κ3) is 4.32. The molecule has 1 N–H and O–H groups in total. The van der Waals surface area contributed by atoms with Crippen molar-refractivity contribution in [3.05, 3.63) is 52.7 Å². The topological polar surface area (TPSA) is 51.2 Å². The third-order valence-electron chi connectivity index (χ3n) is 5.74. The minimum atomic E-state index is -0.0555. The first-order valence-electron chi connectivity index (χ1n) is 9.97. The molecule has 2 aromatic rings. The average molecular weight is 367 g/mol. The monoisotopic (exact) mass is 366 g/mol. The summed E-state index contributed by atoms with van der Waals surface area (Å²) in [6, 6.07) is 7.74. The molecule has 4 nitrogen and oxygen atoms in total. The summed E-state index contributed by atoms with van der Waals surface area (Å²) < 4.78 is 5.97. The van der Waals surface area contributed by atoms with E-state index < -0.39 is 0 Å². The molecule has 1 aliphatic carbocycles. The molecule has 1 amide bonds. The molecule has 27 heavy (non-hydrogen) atoms. The van der Waals surface area contributed by atoms with Gasteiger partial charge in [0.05, 0.1) is 6.61 Å². The van der Waals surface area contributed by atoms with Crippen LogP contribution in [0.25, 0.3) is 0 Å². The second-order valence-corrected chi connectivity index (χ2v) is 7.62. The lowest BCUT2D eigenvalue weighted by Gasteiger charge is -2.31. The van der Waals surface area contributed by atoms with Crippen LogP contribution in [0.15, 0.2) is 30.5 Å². The molecule has 2 atom stereocenters. The largest absolute Gasteiger partial charge is 0.493 e. The molecule has 2 unspecified atom stereocenters. The van der Waals surface area contributed by atoms with E-state index in [-0.39, 0.29) is 11.8 Å². The second kappa shape index (κ2) is 8.55. The van der Waals surface area contributed by atoms with E-state index in [0.717, 1.165) is 38.0 Å². The van der Waals surface area contributed by atoms with Gasteiger partial charge < -0.3 is 10.1 Å². The van der Waals surface area contributed by atoms with Gasteiger partial charge in [-0.2, -0.15) is 0 Å². The summed E-state index contributed by atoms with van der Waals surface area (Å²) in [6.07, 6.45) is 5.70. The number of rotatable bonds is 6. The van der Waals surface area contributed by atoms with Crippen molar-refractivity contribution in [1.82, 2.24) is 4.98 Å². The summed E-state index contributed by atoms with van der Waals surface area (Å²) in [5.74, 6) is 1.95. The van der Waals surface area contributed by atoms with Gasteiger partial charge in [0, 0.05) is 12.1 Å². The number of aryl methyl sites for hydroxylation is 1. The maximum atomic E-state index is 12.7. The number of pyridine rings is 1. The molecule has 3 rings (SSSR count). The minimum absolute atomic E-state index is 0.0508. The number of fused-ring (bicyclic) bond motifs is 1. The Balaban J connectivity index is 1.76. The highest BCUT2D eigenvalue weighted by Crippen LogP contribution is 2.38. The predicted molar refractivity (Wildman–Crippen MR) is 109 cm³/mol. The van der Waals surface area contributed by atoms with Crippen molar-refractivity contribution in [1.29, 1.82) is 0 Å². The zero-order valence-electron chi connectivity index (χ0n) is 16.8. The number of ether oxygens (including phenoxy) is 1. The van der Waals surface area contributed by atoms with E-state index in [0.29, 0.717) is 11.7 Å². The quantitative estimate of drug-likeness (QED) is 0.794. The summed E-state index contributed by atoms with van der Waals surface area (Å²) >= 11 is 0. The van der Waals surface area contributed by atoms with E-state index in [9.17, 15) is 4.79 Å². The van der Waals surface area contributed by atoms with Gasteiger partial charge in [0.25, 0.3) is 0 Å². The maximum Gasteiger partial charge on any atom is 0.228 e. The van der Waals surface area contributed by atoms with E-state index in [1.165, 1.54) is 22.3 Å². The molecule has 4 heteroatoms. The third-order valence-corrected chi connectivity index (χ3v) is 5.74. The van der Waals surface area contributed by atoms with Crippen LogP contribution in [0.3, 0.4) is 0 Å². The molecule has 1 heterocycles. The van der Waals surface area contributed by atoms with Crippen molar-refractivity contribution in [3.63, 3.8) is 0 Å². The van der Waals surface area contributed by atoms with Gasteiger partial charge in [0.2, 0.25) is 5.91 Å². The molecule has 0 saturated carbocycles. The Morgan fingerprint density at radius 3 is 2.85 bits per heavy atom. The Hall–Kier alpha value is -2.36. The Labute approximate surface area is 162 Å². The van der Waals surface area contributed by atoms with Crippen molar-refractivity contribution < 1.29 is 9.53 Å². The van der Waals surface area contributed by atoms with E-state index in [1.54, 1.807) is 6.20 Å². The normalized spacial score (nSPS) is 17.1. The lowest BCUT2D eigenvalue weighted by Crippen LogP contribution is -2.31. The van der Waals surface area contributed by atoms with Crippen molar-refractivity contribution in [3.8, 4) is 5.75 Å². The fourth-order valence-electron chi connectivity index (χ4n) is 4.00. The van der Waals surface area contributed by atoms with Crippen molar-refractivity contribution in [2.45, 2.75) is 53.4 Å². The molecule has 1 aromatic heterocycles. The Kier molecular flexibility index (Phi) is 6.15. The number of benzene rings is 1.